The molecule has 0 aromatic heterocycles. The number of aliphatic hydroxyl groups is 1. The van der Waals surface area contributed by atoms with Gasteiger partial charge in [-0.15, -0.1) is 0 Å². The summed E-state index contributed by atoms with van der Waals surface area (Å²) in [6, 6.07) is 0. The molecule has 0 fully saturated rings. The number of carbonyl (C=O) groups is 1. The molecule has 2 atom stereocenters. The van der Waals surface area contributed by atoms with E-state index < -0.39 is 38.1 Å². The number of unbranched alkanes of at least 4 members (excludes halogenated alkanes) is 6. The third-order valence-electron chi connectivity index (χ3n) is 4.65. The molecule has 1 unspecified atom stereocenters. The Kier molecular flexibility index (Phi) is 20.5. The zero-order chi connectivity index (χ0) is 26.4. The predicted molar refractivity (Wildman–Crippen MR) is 128 cm³/mol. The number of aliphatic hydroxyl groups excluding tert-OH is 1. The van der Waals surface area contributed by atoms with Crippen LogP contribution in [0.2, 0.25) is 0 Å². The summed E-state index contributed by atoms with van der Waals surface area (Å²) < 4.78 is 37.8. The first-order valence-corrected chi connectivity index (χ1v) is 13.8. The molecular weight excluding hydrogens is 481 g/mol. The highest BCUT2D eigenvalue weighted by molar-refractivity contribution is 7.45. The van der Waals surface area contributed by atoms with Crippen molar-refractivity contribution in [2.75, 3.05) is 46.2 Å². The first-order valence-electron chi connectivity index (χ1n) is 12.3. The molecule has 2 N–H and O–H groups in total. The van der Waals surface area contributed by atoms with Gasteiger partial charge in [0.05, 0.1) is 26.4 Å². The van der Waals surface area contributed by atoms with E-state index in [4.69, 9.17) is 23.9 Å². The van der Waals surface area contributed by atoms with Gasteiger partial charge in [0.2, 0.25) is 5.39 Å². The topological polar surface area (TPSA) is 164 Å². The molecule has 0 aliphatic carbocycles. The number of phosphoric acid groups is 1. The number of rotatable bonds is 23. The van der Waals surface area contributed by atoms with Gasteiger partial charge in [0.1, 0.15) is 6.10 Å². The quantitative estimate of drug-likeness (QED) is 0.0662. The van der Waals surface area contributed by atoms with Crippen LogP contribution in [0.1, 0.15) is 72.1 Å². The molecule has 1 amide bonds. The van der Waals surface area contributed by atoms with Crippen molar-refractivity contribution in [1.29, 1.82) is 5.39 Å². The number of amides is 1. The van der Waals surface area contributed by atoms with Crippen LogP contribution in [0.25, 0.3) is 4.98 Å². The number of phosphoric ester groups is 1. The fraction of sp³-hybridized carbons (Fsp3) is 0.864. The van der Waals surface area contributed by atoms with Gasteiger partial charge >= 0.3 is 17.5 Å². The monoisotopic (exact) mass is 523 g/mol. The van der Waals surface area contributed by atoms with E-state index in [-0.39, 0.29) is 26.4 Å². The lowest BCUT2D eigenvalue weighted by Crippen LogP contribution is -2.30. The van der Waals surface area contributed by atoms with E-state index in [0.29, 0.717) is 13.2 Å². The fourth-order valence-corrected chi connectivity index (χ4v) is 3.51. The minimum absolute atomic E-state index is 0.0469. The smallest absolute Gasteiger partial charge is 0.527 e. The molecule has 0 saturated carbocycles. The number of diazo groups is 1. The number of hydrogen-bond acceptors (Lipinski definition) is 10. The van der Waals surface area contributed by atoms with Crippen LogP contribution in [0.15, 0.2) is 11.6 Å². The Balaban J connectivity index is 4.49. The minimum atomic E-state index is -4.67. The van der Waals surface area contributed by atoms with Gasteiger partial charge in [0.25, 0.3) is 7.82 Å². The lowest BCUT2D eigenvalue weighted by atomic mass is 10.2. The maximum absolute atomic E-state index is 12.1. The molecule has 204 valence electrons. The van der Waals surface area contributed by atoms with E-state index in [1.165, 1.54) is 0 Å². The summed E-state index contributed by atoms with van der Waals surface area (Å²) >= 11 is 0. The summed E-state index contributed by atoms with van der Waals surface area (Å²) in [6.07, 6.45) is 7.80. The van der Waals surface area contributed by atoms with Crippen LogP contribution < -0.4 is 10.2 Å². The van der Waals surface area contributed by atoms with Gasteiger partial charge in [0, 0.05) is 19.8 Å². The molecule has 0 saturated heterocycles. The van der Waals surface area contributed by atoms with Crippen LogP contribution in [0.4, 0.5) is 0 Å². The van der Waals surface area contributed by atoms with Crippen LogP contribution in [0.5, 0.6) is 0 Å². The van der Waals surface area contributed by atoms with Crippen molar-refractivity contribution in [3.8, 4) is 0 Å². The van der Waals surface area contributed by atoms with Crippen LogP contribution >= 0.6 is 7.82 Å². The second-order valence-corrected chi connectivity index (χ2v) is 9.12. The van der Waals surface area contributed by atoms with E-state index in [1.54, 1.807) is 6.92 Å². The molecule has 12 nitrogen and oxygen atoms in total. The predicted octanol–water partition coefficient (Wildman–Crippen LogP) is 3.78. The number of hydrogen-bond donors (Lipinski definition) is 2. The Morgan fingerprint density at radius 1 is 1.00 bits per heavy atom. The molecule has 0 radical (unpaired) electrons. The highest BCUT2D eigenvalue weighted by Crippen LogP contribution is 2.38. The van der Waals surface area contributed by atoms with Crippen molar-refractivity contribution in [2.45, 2.75) is 78.2 Å². The molecule has 0 aromatic rings. The van der Waals surface area contributed by atoms with Gasteiger partial charge in [-0.1, -0.05) is 52.4 Å². The van der Waals surface area contributed by atoms with E-state index in [9.17, 15) is 19.4 Å². The van der Waals surface area contributed by atoms with Crippen LogP contribution in [0.3, 0.4) is 0 Å². The van der Waals surface area contributed by atoms with Crippen molar-refractivity contribution < 1.29 is 42.6 Å². The second kappa shape index (κ2) is 21.5. The van der Waals surface area contributed by atoms with Gasteiger partial charge in [-0.05, 0) is 19.8 Å². The maximum atomic E-state index is 12.1. The standard InChI is InChI=1S/C22H42N3O9P/c1-4-7-9-11-14-30-17-19(32-15-12-10-8-5-2)18-34-35(28,29)33-16-13-24-21(26)20(25-23)22(27)31-6-3/h19H,4-18H2,1-3H3,(H2-,24,26,27,28,29)/t19-/m1/s1. The molecule has 13 heteroatoms. The molecule has 0 aliphatic heterocycles. The van der Waals surface area contributed by atoms with Crippen molar-refractivity contribution in [1.82, 2.24) is 5.32 Å². The van der Waals surface area contributed by atoms with Crippen LogP contribution in [-0.2, 0) is 32.6 Å². The molecule has 35 heavy (non-hydrogen) atoms. The Morgan fingerprint density at radius 2 is 1.66 bits per heavy atom. The lowest BCUT2D eigenvalue weighted by molar-refractivity contribution is -0.228. The Labute approximate surface area is 208 Å². The Hall–Kier alpha value is -1.74. The molecule has 0 spiro atoms. The molecule has 0 rings (SSSR count). The van der Waals surface area contributed by atoms with Gasteiger partial charge in [-0.3, -0.25) is 9.36 Å². The summed E-state index contributed by atoms with van der Waals surface area (Å²) in [5.74, 6) is -1.84. The summed E-state index contributed by atoms with van der Waals surface area (Å²) in [5.41, 5.74) is -0.748. The van der Waals surface area contributed by atoms with E-state index in [0.717, 1.165) is 51.4 Å². The van der Waals surface area contributed by atoms with Crippen LogP contribution in [-0.4, -0.2) is 63.3 Å². The average Bonchev–Trinajstić information content (AvgIpc) is 2.82. The van der Waals surface area contributed by atoms with E-state index >= 15 is 0 Å². The van der Waals surface area contributed by atoms with E-state index in [2.05, 4.69) is 28.9 Å². The molecule has 0 heterocycles. The first kappa shape index (κ1) is 33.3. The zero-order valence-electron chi connectivity index (χ0n) is 21.2. The van der Waals surface area contributed by atoms with Gasteiger partial charge in [0.15, 0.2) is 4.98 Å². The van der Waals surface area contributed by atoms with Crippen molar-refractivity contribution >= 4 is 13.7 Å². The number of carbonyl (C=O) groups excluding carboxylic acids is 1. The number of ether oxygens (including phenoxy) is 3. The first-order chi connectivity index (χ1) is 16.8. The van der Waals surface area contributed by atoms with Crippen molar-refractivity contribution in [3.63, 3.8) is 0 Å². The number of nitrogens with zero attached hydrogens (tertiary/aromatic N) is 2. The summed E-state index contributed by atoms with van der Waals surface area (Å²) in [6.45, 7) is 6.15. The Bertz CT molecular complexity index is 686. The van der Waals surface area contributed by atoms with Gasteiger partial charge in [-0.2, -0.15) is 0 Å². The molecule has 0 aromatic carbocycles. The van der Waals surface area contributed by atoms with Crippen LogP contribution in [0, 0.1) is 5.39 Å². The molecule has 0 bridgehead atoms. The highest BCUT2D eigenvalue weighted by atomic mass is 31.2. The highest BCUT2D eigenvalue weighted by Gasteiger charge is 2.30. The molecule has 0 aliphatic rings. The lowest BCUT2D eigenvalue weighted by Gasteiger charge is -2.26. The minimum Gasteiger partial charge on any atom is -0.756 e. The average molecular weight is 524 g/mol. The summed E-state index contributed by atoms with van der Waals surface area (Å²) in [7, 11) is -4.67. The van der Waals surface area contributed by atoms with Gasteiger partial charge < -0.3 is 38.6 Å². The SMILES string of the molecule is CCCCCCOC[C@H](COP(=O)([O-])OCCNC(=O)/C([N+]#N)=C(/O)OCC)OCCCCCC. The largest absolute Gasteiger partial charge is 0.756 e. The normalized spacial score (nSPS) is 14.5. The second-order valence-electron chi connectivity index (χ2n) is 7.71. The summed E-state index contributed by atoms with van der Waals surface area (Å²) in [5, 5.41) is 20.5. The summed E-state index contributed by atoms with van der Waals surface area (Å²) in [4.78, 5) is 26.6. The Morgan fingerprint density at radius 3 is 2.26 bits per heavy atom. The zero-order valence-corrected chi connectivity index (χ0v) is 22.1. The third kappa shape index (κ3) is 18.2. The maximum Gasteiger partial charge on any atom is 0.527 e. The van der Waals surface area contributed by atoms with E-state index in [1.807, 2.05) is 0 Å². The number of nitrogens with one attached hydrogen (secondary N) is 1. The molecular formula is C22H42N3O9P. The fourth-order valence-electron chi connectivity index (χ4n) is 2.78. The van der Waals surface area contributed by atoms with Gasteiger partial charge in [-0.25, -0.2) is 0 Å². The van der Waals surface area contributed by atoms with Crippen molar-refractivity contribution in [2.24, 2.45) is 0 Å². The third-order valence-corrected chi connectivity index (χ3v) is 5.62. The van der Waals surface area contributed by atoms with Crippen molar-refractivity contribution in [3.05, 3.63) is 16.6 Å².